The molecule has 3 aromatic heterocycles. The molecule has 12 aromatic rings. The average Bonchev–Trinajstić information content (AvgIpc) is 3.91. The summed E-state index contributed by atoms with van der Waals surface area (Å²) in [6.07, 6.45) is 0. The lowest BCUT2D eigenvalue weighted by atomic mass is 9.96. The summed E-state index contributed by atoms with van der Waals surface area (Å²) < 4.78 is 5.07. The van der Waals surface area contributed by atoms with E-state index in [0.29, 0.717) is 17.5 Å². The first-order valence-electron chi connectivity index (χ1n) is 20.8. The predicted octanol–water partition coefficient (Wildman–Crippen LogP) is 15.3. The Balaban J connectivity index is 1.04. The summed E-state index contributed by atoms with van der Waals surface area (Å²) in [4.78, 5) is 15.3. The van der Waals surface area contributed by atoms with E-state index >= 15 is 0 Å². The molecule has 0 bridgehead atoms. The van der Waals surface area contributed by atoms with Crippen molar-refractivity contribution in [3.63, 3.8) is 0 Å². The lowest BCUT2D eigenvalue weighted by Crippen LogP contribution is -2.00. The Hall–Kier alpha value is -7.99. The number of para-hydroxylation sites is 1. The van der Waals surface area contributed by atoms with Gasteiger partial charge in [-0.1, -0.05) is 182 Å². The molecule has 0 amide bonds. The van der Waals surface area contributed by atoms with Crippen LogP contribution in [0.1, 0.15) is 0 Å². The fraction of sp³-hybridized carbons (Fsp3) is 0. The van der Waals surface area contributed by atoms with Gasteiger partial charge in [0.05, 0.1) is 15.7 Å². The van der Waals surface area contributed by atoms with Gasteiger partial charge < -0.3 is 4.57 Å². The van der Waals surface area contributed by atoms with E-state index in [2.05, 4.69) is 199 Å². The molecule has 0 saturated heterocycles. The quantitative estimate of drug-likeness (QED) is 0.161. The summed E-state index contributed by atoms with van der Waals surface area (Å²) in [5, 5.41) is 5.07. The lowest BCUT2D eigenvalue weighted by molar-refractivity contribution is 1.07. The number of fused-ring (bicyclic) bond motifs is 7. The Labute approximate surface area is 362 Å². The monoisotopic (exact) mass is 808 g/mol. The molecule has 9 aromatic carbocycles. The number of rotatable bonds is 7. The van der Waals surface area contributed by atoms with E-state index in [4.69, 9.17) is 15.0 Å². The maximum absolute atomic E-state index is 5.15. The zero-order valence-corrected chi connectivity index (χ0v) is 34.3. The van der Waals surface area contributed by atoms with Crippen LogP contribution in [-0.4, -0.2) is 19.5 Å². The second-order valence-corrected chi connectivity index (χ2v) is 16.7. The minimum atomic E-state index is 0.622. The standard InChI is InChI=1S/C57H36N4S/c1-4-15-37(16-5-1)39-27-29-41(30-28-39)56-58-55(40-19-8-3-9-20-40)59-57(60-56)43-22-14-21-42(33-43)45-34-44(38-17-6-2-7-18-38)35-46(36-45)61-51-25-12-10-23-47(51)49-31-32-50-48-24-11-13-26-52(48)62-54(50)53(49)61/h1-36H. The molecule has 0 aliphatic heterocycles. The van der Waals surface area contributed by atoms with Crippen LogP contribution in [0.3, 0.4) is 0 Å². The molecule has 0 unspecified atom stereocenters. The van der Waals surface area contributed by atoms with Gasteiger partial charge in [0.1, 0.15) is 0 Å². The summed E-state index contributed by atoms with van der Waals surface area (Å²) in [6.45, 7) is 0. The van der Waals surface area contributed by atoms with E-state index in [0.717, 1.165) is 50.2 Å². The predicted molar refractivity (Wildman–Crippen MR) is 260 cm³/mol. The van der Waals surface area contributed by atoms with Crippen molar-refractivity contribution in [2.45, 2.75) is 0 Å². The molecule has 0 saturated carbocycles. The molecule has 12 rings (SSSR count). The van der Waals surface area contributed by atoms with Crippen molar-refractivity contribution in [3.05, 3.63) is 218 Å². The Kier molecular flexibility index (Phi) is 8.65. The Morgan fingerprint density at radius 3 is 1.48 bits per heavy atom. The maximum atomic E-state index is 5.15. The molecule has 0 aliphatic rings. The van der Waals surface area contributed by atoms with Crippen molar-refractivity contribution in [1.82, 2.24) is 19.5 Å². The SMILES string of the molecule is c1ccc(-c2ccc(-c3nc(-c4ccccc4)nc(-c4cccc(-c5cc(-c6ccccc6)cc(-n6c7ccccc7c7ccc8c9ccccc9sc8c76)c5)c4)n3)cc2)cc1. The molecule has 0 fully saturated rings. The molecular weight excluding hydrogens is 773 g/mol. The van der Waals surface area contributed by atoms with Gasteiger partial charge in [0.2, 0.25) is 0 Å². The van der Waals surface area contributed by atoms with Crippen LogP contribution in [0.25, 0.3) is 115 Å². The summed E-state index contributed by atoms with van der Waals surface area (Å²) in [6, 6.07) is 77.5. The van der Waals surface area contributed by atoms with Crippen molar-refractivity contribution < 1.29 is 0 Å². The van der Waals surface area contributed by atoms with Crippen molar-refractivity contribution in [3.8, 4) is 73.2 Å². The van der Waals surface area contributed by atoms with Gasteiger partial charge in [-0.2, -0.15) is 0 Å². The fourth-order valence-electron chi connectivity index (χ4n) is 8.83. The van der Waals surface area contributed by atoms with Crippen molar-refractivity contribution in [2.24, 2.45) is 0 Å². The number of nitrogens with zero attached hydrogens (tertiary/aromatic N) is 4. The molecular formula is C57H36N4S. The normalized spacial score (nSPS) is 11.5. The number of hydrogen-bond donors (Lipinski definition) is 0. The van der Waals surface area contributed by atoms with Gasteiger partial charge in [-0.15, -0.1) is 11.3 Å². The van der Waals surface area contributed by atoms with E-state index in [1.807, 2.05) is 35.6 Å². The highest BCUT2D eigenvalue weighted by Crippen LogP contribution is 2.44. The summed E-state index contributed by atoms with van der Waals surface area (Å²) in [5.74, 6) is 1.89. The second-order valence-electron chi connectivity index (χ2n) is 15.6. The van der Waals surface area contributed by atoms with Gasteiger partial charge in [-0.05, 0) is 69.8 Å². The molecule has 4 nitrogen and oxygen atoms in total. The molecule has 62 heavy (non-hydrogen) atoms. The second kappa shape index (κ2) is 14.9. The Bertz CT molecular complexity index is 3610. The minimum absolute atomic E-state index is 0.622. The third kappa shape index (κ3) is 6.26. The summed E-state index contributed by atoms with van der Waals surface area (Å²) in [7, 11) is 0. The molecule has 290 valence electrons. The van der Waals surface area contributed by atoms with E-state index in [9.17, 15) is 0 Å². The zero-order chi connectivity index (χ0) is 41.0. The fourth-order valence-corrected chi connectivity index (χ4v) is 10.1. The van der Waals surface area contributed by atoms with Crippen molar-refractivity contribution in [1.29, 1.82) is 0 Å². The van der Waals surface area contributed by atoms with Gasteiger partial charge in [-0.3, -0.25) is 0 Å². The number of aromatic nitrogens is 4. The van der Waals surface area contributed by atoms with Gasteiger partial charge >= 0.3 is 0 Å². The van der Waals surface area contributed by atoms with E-state index < -0.39 is 0 Å². The first-order chi connectivity index (χ1) is 30.7. The maximum Gasteiger partial charge on any atom is 0.164 e. The van der Waals surface area contributed by atoms with Crippen LogP contribution >= 0.6 is 11.3 Å². The molecule has 0 spiro atoms. The first-order valence-corrected chi connectivity index (χ1v) is 21.7. The van der Waals surface area contributed by atoms with Crippen LogP contribution < -0.4 is 0 Å². The number of hydrogen-bond acceptors (Lipinski definition) is 4. The minimum Gasteiger partial charge on any atom is -0.308 e. The van der Waals surface area contributed by atoms with Gasteiger partial charge in [0.15, 0.2) is 17.5 Å². The van der Waals surface area contributed by atoms with E-state index in [1.54, 1.807) is 0 Å². The van der Waals surface area contributed by atoms with Crippen LogP contribution in [0.2, 0.25) is 0 Å². The summed E-state index contributed by atoms with van der Waals surface area (Å²) >= 11 is 1.87. The Morgan fingerprint density at radius 2 is 0.774 bits per heavy atom. The average molecular weight is 809 g/mol. The van der Waals surface area contributed by atoms with Crippen LogP contribution in [0.4, 0.5) is 0 Å². The molecule has 5 heteroatoms. The van der Waals surface area contributed by atoms with E-state index in [1.165, 1.54) is 47.5 Å². The Morgan fingerprint density at radius 1 is 0.306 bits per heavy atom. The highest BCUT2D eigenvalue weighted by atomic mass is 32.1. The first kappa shape index (κ1) is 35.9. The molecule has 0 radical (unpaired) electrons. The molecule has 0 N–H and O–H groups in total. The van der Waals surface area contributed by atoms with Crippen LogP contribution in [0.15, 0.2) is 218 Å². The zero-order valence-electron chi connectivity index (χ0n) is 33.5. The molecule has 0 atom stereocenters. The van der Waals surface area contributed by atoms with Crippen LogP contribution in [0, 0.1) is 0 Å². The third-order valence-electron chi connectivity index (χ3n) is 11.8. The highest BCUT2D eigenvalue weighted by molar-refractivity contribution is 7.26. The van der Waals surface area contributed by atoms with Gasteiger partial charge in [0.25, 0.3) is 0 Å². The largest absolute Gasteiger partial charge is 0.308 e. The smallest absolute Gasteiger partial charge is 0.164 e. The van der Waals surface area contributed by atoms with Crippen molar-refractivity contribution >= 4 is 53.3 Å². The molecule has 0 aliphatic carbocycles. The van der Waals surface area contributed by atoms with E-state index in [-0.39, 0.29) is 0 Å². The number of thiophene rings is 1. The van der Waals surface area contributed by atoms with Gasteiger partial charge in [-0.25, -0.2) is 15.0 Å². The third-order valence-corrected chi connectivity index (χ3v) is 13.0. The number of benzene rings is 9. The van der Waals surface area contributed by atoms with Gasteiger partial charge in [0, 0.05) is 48.6 Å². The van der Waals surface area contributed by atoms with Crippen LogP contribution in [0.5, 0.6) is 0 Å². The topological polar surface area (TPSA) is 43.6 Å². The highest BCUT2D eigenvalue weighted by Gasteiger charge is 2.20. The van der Waals surface area contributed by atoms with Crippen molar-refractivity contribution in [2.75, 3.05) is 0 Å². The molecule has 3 heterocycles. The summed E-state index contributed by atoms with van der Waals surface area (Å²) in [5.41, 5.74) is 13.1. The van der Waals surface area contributed by atoms with Crippen LogP contribution in [-0.2, 0) is 0 Å². The lowest BCUT2D eigenvalue weighted by Gasteiger charge is -2.15.